The highest BCUT2D eigenvalue weighted by atomic mass is 16.5. The molecule has 0 aromatic heterocycles. The van der Waals surface area contributed by atoms with E-state index in [9.17, 15) is 5.21 Å². The van der Waals surface area contributed by atoms with E-state index in [-0.39, 0.29) is 11.9 Å². The minimum absolute atomic E-state index is 0.255. The lowest BCUT2D eigenvalue weighted by Crippen LogP contribution is -2.43. The second-order valence-electron chi connectivity index (χ2n) is 4.17. The summed E-state index contributed by atoms with van der Waals surface area (Å²) in [6.07, 6.45) is 0.416. The predicted octanol–water partition coefficient (Wildman–Crippen LogP) is 2.14. The summed E-state index contributed by atoms with van der Waals surface area (Å²) in [6.45, 7) is 7.48. The Morgan fingerprint density at radius 2 is 1.80 bits per heavy atom. The summed E-state index contributed by atoms with van der Waals surface area (Å²) in [5, 5.41) is 12.6. The van der Waals surface area contributed by atoms with Crippen LogP contribution in [0.2, 0.25) is 0 Å². The van der Waals surface area contributed by atoms with Crippen LogP contribution in [-0.4, -0.2) is 16.1 Å². The SMILES string of the molecule is [2H]C1CC(C)(C)N([O-])C1(C)C. The minimum Gasteiger partial charge on any atom is -0.784 e. The molecule has 1 heterocycles. The molecule has 1 unspecified atom stereocenters. The highest BCUT2D eigenvalue weighted by molar-refractivity contribution is 5.00. The maximum absolute atomic E-state index is 11.6. The fraction of sp³-hybridized carbons (Fsp3) is 1.00. The van der Waals surface area contributed by atoms with E-state index >= 15 is 0 Å². The molecule has 1 aliphatic rings. The van der Waals surface area contributed by atoms with E-state index in [0.29, 0.717) is 6.42 Å². The number of hydroxylamine groups is 2. The molecule has 10 heavy (non-hydrogen) atoms. The first-order chi connectivity index (χ1) is 4.78. The van der Waals surface area contributed by atoms with Gasteiger partial charge in [-0.2, -0.15) is 0 Å². The summed E-state index contributed by atoms with van der Waals surface area (Å²) in [5.41, 5.74) is -0.862. The van der Waals surface area contributed by atoms with Gasteiger partial charge in [0.25, 0.3) is 0 Å². The molecular weight excluding hydrogens is 126 g/mol. The Kier molecular flexibility index (Phi) is 1.29. The maximum atomic E-state index is 11.6. The van der Waals surface area contributed by atoms with Crippen molar-refractivity contribution in [2.75, 3.05) is 0 Å². The zero-order valence-corrected chi connectivity index (χ0v) is 7.14. The Labute approximate surface area is 64.2 Å². The Hall–Kier alpha value is -0.0800. The zero-order chi connectivity index (χ0) is 8.86. The van der Waals surface area contributed by atoms with Crippen LogP contribution in [0.4, 0.5) is 0 Å². The van der Waals surface area contributed by atoms with Crippen LogP contribution in [-0.2, 0) is 0 Å². The van der Waals surface area contributed by atoms with Gasteiger partial charge in [0.15, 0.2) is 0 Å². The van der Waals surface area contributed by atoms with Crippen molar-refractivity contribution >= 4 is 0 Å². The van der Waals surface area contributed by atoms with Crippen molar-refractivity contribution in [3.8, 4) is 0 Å². The largest absolute Gasteiger partial charge is 0.784 e. The molecule has 2 nitrogen and oxygen atoms in total. The van der Waals surface area contributed by atoms with E-state index in [2.05, 4.69) is 0 Å². The normalized spacial score (nSPS) is 39.7. The van der Waals surface area contributed by atoms with Gasteiger partial charge in [-0.05, 0) is 40.5 Å². The zero-order valence-electron chi connectivity index (χ0n) is 8.14. The van der Waals surface area contributed by atoms with Gasteiger partial charge >= 0.3 is 0 Å². The molecule has 0 amide bonds. The first kappa shape index (κ1) is 6.62. The van der Waals surface area contributed by atoms with Crippen LogP contribution in [0.15, 0.2) is 0 Å². The minimum atomic E-state index is -0.510. The van der Waals surface area contributed by atoms with Crippen LogP contribution in [0, 0.1) is 5.21 Å². The molecule has 0 aromatic rings. The van der Waals surface area contributed by atoms with E-state index in [1.807, 2.05) is 27.7 Å². The monoisotopic (exact) mass is 143 g/mol. The lowest BCUT2D eigenvalue weighted by molar-refractivity contribution is 0.144. The smallest absolute Gasteiger partial charge is 0.0286 e. The van der Waals surface area contributed by atoms with Gasteiger partial charge in [-0.3, -0.25) is 0 Å². The van der Waals surface area contributed by atoms with Crippen LogP contribution in [0.5, 0.6) is 0 Å². The highest BCUT2D eigenvalue weighted by Crippen LogP contribution is 2.38. The first-order valence-corrected chi connectivity index (χ1v) is 3.68. The standard InChI is InChI=1S/C8H16NO/c1-7(2)5-6-8(3,4)9(7)10/h5-6H2,1-4H3/q-1/i5D. The molecule has 2 heteroatoms. The second kappa shape index (κ2) is 1.95. The van der Waals surface area contributed by atoms with Gasteiger partial charge in [-0.15, -0.1) is 0 Å². The van der Waals surface area contributed by atoms with Crippen molar-refractivity contribution in [1.82, 2.24) is 5.06 Å². The van der Waals surface area contributed by atoms with Crippen LogP contribution >= 0.6 is 0 Å². The van der Waals surface area contributed by atoms with Crippen LogP contribution in [0.1, 0.15) is 41.9 Å². The maximum Gasteiger partial charge on any atom is 0.0286 e. The summed E-state index contributed by atoms with van der Waals surface area (Å²) < 4.78 is 7.68. The van der Waals surface area contributed by atoms with Gasteiger partial charge < -0.3 is 10.3 Å². The van der Waals surface area contributed by atoms with Crippen molar-refractivity contribution < 1.29 is 1.37 Å². The molecule has 1 atom stereocenters. The topological polar surface area (TPSA) is 26.3 Å². The van der Waals surface area contributed by atoms with E-state index in [4.69, 9.17) is 1.37 Å². The van der Waals surface area contributed by atoms with E-state index in [1.165, 1.54) is 0 Å². The summed E-state index contributed by atoms with van der Waals surface area (Å²) in [7, 11) is 0. The Bertz CT molecular complexity index is 167. The molecule has 60 valence electrons. The van der Waals surface area contributed by atoms with Crippen LogP contribution in [0.3, 0.4) is 0 Å². The number of rotatable bonds is 0. The number of nitrogens with zero attached hydrogens (tertiary/aromatic N) is 1. The van der Waals surface area contributed by atoms with Crippen molar-refractivity contribution in [1.29, 1.82) is 0 Å². The van der Waals surface area contributed by atoms with Crippen molar-refractivity contribution in [2.45, 2.75) is 51.6 Å². The molecule has 0 aromatic carbocycles. The molecule has 1 rings (SSSR count). The lowest BCUT2D eigenvalue weighted by Gasteiger charge is -2.46. The molecule has 0 N–H and O–H groups in total. The number of hydrogen-bond acceptors (Lipinski definition) is 2. The van der Waals surface area contributed by atoms with Gasteiger partial charge in [0.05, 0.1) is 0 Å². The van der Waals surface area contributed by atoms with E-state index in [0.717, 1.165) is 5.06 Å². The molecule has 1 fully saturated rings. The molecule has 0 saturated carbocycles. The third-order valence-electron chi connectivity index (χ3n) is 2.17. The summed E-state index contributed by atoms with van der Waals surface area (Å²) in [6, 6.07) is 0. The molecule has 1 saturated heterocycles. The molecular formula is C8H16NO-. The average molecular weight is 143 g/mol. The summed E-state index contributed by atoms with van der Waals surface area (Å²) in [5.74, 6) is 0. The fourth-order valence-corrected chi connectivity index (χ4v) is 1.45. The first-order valence-electron chi connectivity index (χ1n) is 4.26. The molecule has 1 aliphatic heterocycles. The highest BCUT2D eigenvalue weighted by Gasteiger charge is 2.37. The molecule has 0 aliphatic carbocycles. The third-order valence-corrected chi connectivity index (χ3v) is 2.17. The fourth-order valence-electron chi connectivity index (χ4n) is 1.45. The molecule has 0 spiro atoms. The average Bonchev–Trinajstić information content (AvgIpc) is 1.94. The van der Waals surface area contributed by atoms with Gasteiger partial charge in [0.1, 0.15) is 0 Å². The van der Waals surface area contributed by atoms with Crippen molar-refractivity contribution in [3.05, 3.63) is 5.21 Å². The Morgan fingerprint density at radius 3 is 1.90 bits per heavy atom. The quantitative estimate of drug-likeness (QED) is 0.519. The van der Waals surface area contributed by atoms with E-state index in [1.54, 1.807) is 0 Å². The van der Waals surface area contributed by atoms with E-state index < -0.39 is 5.54 Å². The van der Waals surface area contributed by atoms with Gasteiger partial charge in [0.2, 0.25) is 0 Å². The van der Waals surface area contributed by atoms with Crippen molar-refractivity contribution in [3.63, 3.8) is 0 Å². The summed E-state index contributed by atoms with van der Waals surface area (Å²) in [4.78, 5) is 0. The molecule has 0 radical (unpaired) electrons. The van der Waals surface area contributed by atoms with Crippen LogP contribution < -0.4 is 0 Å². The van der Waals surface area contributed by atoms with Crippen molar-refractivity contribution in [2.24, 2.45) is 0 Å². The Balaban J connectivity index is 2.89. The number of hydrogen-bond donors (Lipinski definition) is 0. The van der Waals surface area contributed by atoms with Gasteiger partial charge in [0, 0.05) is 12.4 Å². The second-order valence-corrected chi connectivity index (χ2v) is 4.17. The van der Waals surface area contributed by atoms with Gasteiger partial charge in [-0.1, -0.05) is 0 Å². The Morgan fingerprint density at radius 1 is 1.30 bits per heavy atom. The lowest BCUT2D eigenvalue weighted by atomic mass is 10.0. The third kappa shape index (κ3) is 1.06. The molecule has 0 bridgehead atoms. The predicted molar refractivity (Wildman–Crippen MR) is 42.6 cm³/mol. The van der Waals surface area contributed by atoms with Crippen LogP contribution in [0.25, 0.3) is 0 Å². The summed E-state index contributed by atoms with van der Waals surface area (Å²) >= 11 is 0. The van der Waals surface area contributed by atoms with Gasteiger partial charge in [-0.25, -0.2) is 0 Å².